The third-order valence-electron chi connectivity index (χ3n) is 3.50. The second-order valence-electron chi connectivity index (χ2n) is 4.88. The second-order valence-corrected chi connectivity index (χ2v) is 6.62. The van der Waals surface area contributed by atoms with Crippen molar-refractivity contribution in [1.82, 2.24) is 19.8 Å². The lowest BCUT2D eigenvalue weighted by Crippen LogP contribution is -2.44. The van der Waals surface area contributed by atoms with Gasteiger partial charge < -0.3 is 4.90 Å². The van der Waals surface area contributed by atoms with E-state index in [9.17, 15) is 8.42 Å². The smallest absolute Gasteiger partial charge is 0.257 e. The van der Waals surface area contributed by atoms with Gasteiger partial charge in [-0.25, -0.2) is 13.1 Å². The predicted octanol–water partition coefficient (Wildman–Crippen LogP) is 1.05. The maximum absolute atomic E-state index is 12.0. The van der Waals surface area contributed by atoms with E-state index >= 15 is 0 Å². The van der Waals surface area contributed by atoms with Gasteiger partial charge in [0.2, 0.25) is 0 Å². The van der Waals surface area contributed by atoms with Crippen LogP contribution in [0.15, 0.2) is 17.3 Å². The highest BCUT2D eigenvalue weighted by molar-refractivity contribution is 7.89. The maximum Gasteiger partial charge on any atom is 0.257 e. The molecule has 0 amide bonds. The van der Waals surface area contributed by atoms with Gasteiger partial charge in [-0.2, -0.15) is 5.10 Å². The SMILES string of the molecule is CCC(CC)C(CNS(=O)(=O)c1ccn[nH]1)N(C)C. The van der Waals surface area contributed by atoms with E-state index in [1.165, 1.54) is 12.3 Å². The fraction of sp³-hybridized carbons (Fsp3) is 0.750. The Morgan fingerprint density at radius 1 is 1.37 bits per heavy atom. The molecule has 0 saturated carbocycles. The summed E-state index contributed by atoms with van der Waals surface area (Å²) >= 11 is 0. The molecule has 0 spiro atoms. The zero-order valence-corrected chi connectivity index (χ0v) is 12.9. The highest BCUT2D eigenvalue weighted by atomic mass is 32.2. The van der Waals surface area contributed by atoms with Crippen LogP contribution in [-0.2, 0) is 10.0 Å². The molecule has 0 aromatic carbocycles. The van der Waals surface area contributed by atoms with Gasteiger partial charge in [-0.05, 0) is 26.1 Å². The third kappa shape index (κ3) is 4.29. The molecule has 1 aromatic rings. The zero-order chi connectivity index (χ0) is 14.5. The molecule has 0 radical (unpaired) electrons. The molecule has 1 rings (SSSR count). The van der Waals surface area contributed by atoms with Crippen LogP contribution < -0.4 is 4.72 Å². The summed E-state index contributed by atoms with van der Waals surface area (Å²) in [5.41, 5.74) is 0. The van der Waals surface area contributed by atoms with Gasteiger partial charge in [-0.15, -0.1) is 0 Å². The van der Waals surface area contributed by atoms with E-state index in [0.29, 0.717) is 12.5 Å². The normalized spacial score (nSPS) is 14.2. The first-order valence-electron chi connectivity index (χ1n) is 6.57. The van der Waals surface area contributed by atoms with Gasteiger partial charge in [0, 0.05) is 12.6 Å². The summed E-state index contributed by atoms with van der Waals surface area (Å²) in [6, 6.07) is 1.64. The molecule has 6 nitrogen and oxygen atoms in total. The average Bonchev–Trinajstić information content (AvgIpc) is 2.88. The lowest BCUT2D eigenvalue weighted by molar-refractivity contribution is 0.201. The molecular formula is C12H24N4O2S. The first-order chi connectivity index (χ1) is 8.92. The molecule has 0 fully saturated rings. The van der Waals surface area contributed by atoms with E-state index in [0.717, 1.165) is 12.8 Å². The molecule has 0 saturated heterocycles. The second kappa shape index (κ2) is 7.02. The summed E-state index contributed by atoms with van der Waals surface area (Å²) in [6.45, 7) is 4.67. The van der Waals surface area contributed by atoms with E-state index in [-0.39, 0.29) is 11.1 Å². The molecule has 1 heterocycles. The number of nitrogens with zero attached hydrogens (tertiary/aromatic N) is 2. The molecule has 0 aliphatic carbocycles. The van der Waals surface area contributed by atoms with Gasteiger partial charge >= 0.3 is 0 Å². The summed E-state index contributed by atoms with van der Waals surface area (Å²) < 4.78 is 26.7. The standard InChI is InChI=1S/C12H24N4O2S/c1-5-10(6-2)11(16(3)4)9-14-19(17,18)12-7-8-13-15-12/h7-8,10-11,14H,5-6,9H2,1-4H3,(H,13,15). The minimum absolute atomic E-state index is 0.106. The quantitative estimate of drug-likeness (QED) is 0.749. The van der Waals surface area contributed by atoms with E-state index in [1.807, 2.05) is 14.1 Å². The Morgan fingerprint density at radius 2 is 2.00 bits per heavy atom. The first kappa shape index (κ1) is 16.1. The van der Waals surface area contributed by atoms with Gasteiger partial charge in [0.25, 0.3) is 10.0 Å². The minimum atomic E-state index is -3.49. The number of H-pyrrole nitrogens is 1. The number of aromatic amines is 1. The Labute approximate surface area is 115 Å². The van der Waals surface area contributed by atoms with Crippen molar-refractivity contribution in [3.05, 3.63) is 12.3 Å². The summed E-state index contributed by atoms with van der Waals surface area (Å²) in [6.07, 6.45) is 3.50. The van der Waals surface area contributed by atoms with Gasteiger partial charge in [0.1, 0.15) is 0 Å². The molecule has 0 bridgehead atoms. The van der Waals surface area contributed by atoms with Crippen LogP contribution in [0.1, 0.15) is 26.7 Å². The molecule has 0 aliphatic rings. The van der Waals surface area contributed by atoms with Crippen LogP contribution in [0.25, 0.3) is 0 Å². The van der Waals surface area contributed by atoms with Crippen molar-refractivity contribution in [2.45, 2.75) is 37.8 Å². The fourth-order valence-electron chi connectivity index (χ4n) is 2.27. The zero-order valence-electron chi connectivity index (χ0n) is 12.0. The highest BCUT2D eigenvalue weighted by Crippen LogP contribution is 2.17. The number of sulfonamides is 1. The monoisotopic (exact) mass is 288 g/mol. The Hall–Kier alpha value is -0.920. The van der Waals surface area contributed by atoms with E-state index in [2.05, 4.69) is 33.7 Å². The topological polar surface area (TPSA) is 78.1 Å². The van der Waals surface area contributed by atoms with Crippen LogP contribution in [0.4, 0.5) is 0 Å². The summed E-state index contributed by atoms with van der Waals surface area (Å²) in [5, 5.41) is 6.24. The van der Waals surface area contributed by atoms with Crippen molar-refractivity contribution in [3.63, 3.8) is 0 Å². The highest BCUT2D eigenvalue weighted by Gasteiger charge is 2.24. The number of aromatic nitrogens is 2. The predicted molar refractivity (Wildman–Crippen MR) is 75.3 cm³/mol. The van der Waals surface area contributed by atoms with Crippen LogP contribution in [0.3, 0.4) is 0 Å². The van der Waals surface area contributed by atoms with Crippen LogP contribution in [0, 0.1) is 5.92 Å². The largest absolute Gasteiger partial charge is 0.305 e. The van der Waals surface area contributed by atoms with E-state index in [1.54, 1.807) is 0 Å². The fourth-order valence-corrected chi connectivity index (χ4v) is 3.23. The first-order valence-corrected chi connectivity index (χ1v) is 8.06. The Kier molecular flexibility index (Phi) is 5.96. The van der Waals surface area contributed by atoms with Gasteiger partial charge in [-0.1, -0.05) is 26.7 Å². The Morgan fingerprint density at radius 3 is 2.42 bits per heavy atom. The number of hydrogen-bond donors (Lipinski definition) is 2. The van der Waals surface area contributed by atoms with Crippen molar-refractivity contribution in [2.75, 3.05) is 20.6 Å². The van der Waals surface area contributed by atoms with Gasteiger partial charge in [0.15, 0.2) is 5.03 Å². The number of rotatable bonds is 8. The molecule has 110 valence electrons. The van der Waals surface area contributed by atoms with Crippen molar-refractivity contribution in [3.8, 4) is 0 Å². The lowest BCUT2D eigenvalue weighted by atomic mass is 9.93. The van der Waals surface area contributed by atoms with Crippen molar-refractivity contribution >= 4 is 10.0 Å². The van der Waals surface area contributed by atoms with Gasteiger partial charge in [0.05, 0.1) is 6.20 Å². The summed E-state index contributed by atoms with van der Waals surface area (Å²) in [5.74, 6) is 0.472. The van der Waals surface area contributed by atoms with Crippen molar-refractivity contribution < 1.29 is 8.42 Å². The number of hydrogen-bond acceptors (Lipinski definition) is 4. The molecular weight excluding hydrogens is 264 g/mol. The average molecular weight is 288 g/mol. The number of likely N-dealkylation sites (N-methyl/N-ethyl adjacent to an activating group) is 1. The number of nitrogens with one attached hydrogen (secondary N) is 2. The molecule has 7 heteroatoms. The Bertz CT molecular complexity index is 452. The van der Waals surface area contributed by atoms with E-state index < -0.39 is 10.0 Å². The summed E-state index contributed by atoms with van der Waals surface area (Å²) in [7, 11) is 0.469. The molecule has 0 aliphatic heterocycles. The summed E-state index contributed by atoms with van der Waals surface area (Å²) in [4.78, 5) is 2.08. The van der Waals surface area contributed by atoms with Crippen molar-refractivity contribution in [1.29, 1.82) is 0 Å². The van der Waals surface area contributed by atoms with Crippen LogP contribution >= 0.6 is 0 Å². The minimum Gasteiger partial charge on any atom is -0.305 e. The third-order valence-corrected chi connectivity index (χ3v) is 4.86. The molecule has 1 unspecified atom stereocenters. The van der Waals surface area contributed by atoms with E-state index in [4.69, 9.17) is 0 Å². The van der Waals surface area contributed by atoms with Gasteiger partial charge in [-0.3, -0.25) is 5.10 Å². The van der Waals surface area contributed by atoms with Crippen molar-refractivity contribution in [2.24, 2.45) is 5.92 Å². The molecule has 2 N–H and O–H groups in total. The van der Waals surface area contributed by atoms with Crippen LogP contribution in [0.5, 0.6) is 0 Å². The molecule has 1 atom stereocenters. The van der Waals surface area contributed by atoms with Crippen LogP contribution in [0.2, 0.25) is 0 Å². The molecule has 1 aromatic heterocycles. The molecule has 19 heavy (non-hydrogen) atoms. The lowest BCUT2D eigenvalue weighted by Gasteiger charge is -2.31. The van der Waals surface area contributed by atoms with Crippen LogP contribution in [-0.4, -0.2) is 50.2 Å². The maximum atomic E-state index is 12.0. The Balaban J connectivity index is 2.72.